The highest BCUT2D eigenvalue weighted by atomic mass is 16.5. The van der Waals surface area contributed by atoms with E-state index in [-0.39, 0.29) is 0 Å². The number of fused-ring (bicyclic) bond motifs is 1. The van der Waals surface area contributed by atoms with Crippen LogP contribution in [-0.2, 0) is 0 Å². The van der Waals surface area contributed by atoms with E-state index in [0.717, 1.165) is 0 Å². The maximum Gasteiger partial charge on any atom is 0.182 e. The number of aliphatic imine (C=N–C) groups is 1. The van der Waals surface area contributed by atoms with E-state index < -0.39 is 17.7 Å². The molecule has 1 aliphatic heterocycles. The zero-order valence-corrected chi connectivity index (χ0v) is 12.1. The van der Waals surface area contributed by atoms with Gasteiger partial charge in [-0.05, 0) is 39.0 Å². The molecule has 2 rings (SSSR count). The van der Waals surface area contributed by atoms with Gasteiger partial charge in [-0.25, -0.2) is 0 Å². The Morgan fingerprint density at radius 3 is 2.76 bits per heavy atom. The summed E-state index contributed by atoms with van der Waals surface area (Å²) in [6.45, 7) is 5.19. The van der Waals surface area contributed by atoms with Crippen molar-refractivity contribution < 1.29 is 9.84 Å². The third kappa shape index (κ3) is 2.81. The van der Waals surface area contributed by atoms with Crippen LogP contribution in [0.25, 0.3) is 0 Å². The van der Waals surface area contributed by atoms with Crippen LogP contribution < -0.4 is 10.1 Å². The molecule has 2 unspecified atom stereocenters. The third-order valence-electron chi connectivity index (χ3n) is 3.41. The Balaban J connectivity index is 2.55. The molecule has 0 saturated carbocycles. The molecule has 0 amide bonds. The van der Waals surface area contributed by atoms with Gasteiger partial charge in [-0.2, -0.15) is 10.5 Å². The number of nitrogens with zero attached hydrogens (tertiary/aromatic N) is 3. The predicted octanol–water partition coefficient (Wildman–Crippen LogP) is 1.62. The molecule has 1 aliphatic rings. The number of hydrogen-bond donors (Lipinski definition) is 2. The average molecular weight is 284 g/mol. The van der Waals surface area contributed by atoms with Crippen molar-refractivity contribution >= 4 is 5.84 Å². The number of aliphatic hydroxyl groups excluding tert-OH is 1. The number of amidine groups is 1. The summed E-state index contributed by atoms with van der Waals surface area (Å²) >= 11 is 0. The summed E-state index contributed by atoms with van der Waals surface area (Å²) in [6.07, 6.45) is 0.899. The molecule has 0 fully saturated rings. The van der Waals surface area contributed by atoms with Gasteiger partial charge in [0.1, 0.15) is 29.3 Å². The Kier molecular flexibility index (Phi) is 3.84. The first kappa shape index (κ1) is 14.8. The smallest absolute Gasteiger partial charge is 0.182 e. The van der Waals surface area contributed by atoms with Gasteiger partial charge in [0.15, 0.2) is 6.19 Å². The minimum atomic E-state index is -0.894. The first-order valence-electron chi connectivity index (χ1n) is 6.49. The summed E-state index contributed by atoms with van der Waals surface area (Å²) in [7, 11) is 0. The quantitative estimate of drug-likeness (QED) is 0.353. The van der Waals surface area contributed by atoms with Crippen molar-refractivity contribution in [2.24, 2.45) is 4.99 Å². The van der Waals surface area contributed by atoms with Crippen LogP contribution in [0.3, 0.4) is 0 Å². The molecule has 0 aromatic heterocycles. The number of aliphatic hydroxyl groups is 1. The van der Waals surface area contributed by atoms with E-state index in [0.29, 0.717) is 22.7 Å². The van der Waals surface area contributed by atoms with Crippen LogP contribution in [0.1, 0.15) is 37.9 Å². The summed E-state index contributed by atoms with van der Waals surface area (Å²) in [6, 6.07) is 6.48. The SMILES string of the molecule is CC(=NC1c2cc(C#N)ccc2OC(C)(C)C1O)NC#N. The molecule has 1 aromatic carbocycles. The summed E-state index contributed by atoms with van der Waals surface area (Å²) in [5.74, 6) is 0.982. The van der Waals surface area contributed by atoms with Gasteiger partial charge in [0.2, 0.25) is 0 Å². The second-order valence-corrected chi connectivity index (χ2v) is 5.41. The molecule has 0 radical (unpaired) electrons. The Bertz CT molecular complexity index is 667. The van der Waals surface area contributed by atoms with Crippen molar-refractivity contribution in [3.8, 4) is 18.0 Å². The number of nitrogens with one attached hydrogen (secondary N) is 1. The summed E-state index contributed by atoms with van der Waals surface area (Å²) in [4.78, 5) is 4.36. The van der Waals surface area contributed by atoms with Crippen LogP contribution in [0, 0.1) is 22.8 Å². The second-order valence-electron chi connectivity index (χ2n) is 5.41. The van der Waals surface area contributed by atoms with Crippen molar-refractivity contribution in [3.63, 3.8) is 0 Å². The van der Waals surface area contributed by atoms with Crippen LogP contribution in [0.4, 0.5) is 0 Å². The highest BCUT2D eigenvalue weighted by molar-refractivity contribution is 5.81. The van der Waals surface area contributed by atoms with E-state index >= 15 is 0 Å². The van der Waals surface area contributed by atoms with E-state index in [1.807, 2.05) is 0 Å². The molecular formula is C15H16N4O2. The van der Waals surface area contributed by atoms with Crippen molar-refractivity contribution in [1.82, 2.24) is 5.32 Å². The normalized spacial score (nSPS) is 23.2. The minimum absolute atomic E-state index is 0.396. The molecule has 1 aromatic rings. The standard InChI is InChI=1S/C15H16N4O2/c1-9(18-8-17)19-13-11-6-10(7-16)4-5-12(11)21-15(2,3)14(13)20/h4-6,13-14,20H,1-3H3,(H,18,19). The first-order valence-corrected chi connectivity index (χ1v) is 6.49. The van der Waals surface area contributed by atoms with Gasteiger partial charge in [0, 0.05) is 5.56 Å². The zero-order valence-electron chi connectivity index (χ0n) is 12.1. The van der Waals surface area contributed by atoms with Crippen LogP contribution in [0.2, 0.25) is 0 Å². The molecular weight excluding hydrogens is 268 g/mol. The Morgan fingerprint density at radius 1 is 1.43 bits per heavy atom. The summed E-state index contributed by atoms with van der Waals surface area (Å²) in [5.41, 5.74) is 0.290. The van der Waals surface area contributed by atoms with Gasteiger partial charge >= 0.3 is 0 Å². The van der Waals surface area contributed by atoms with Crippen molar-refractivity contribution in [2.75, 3.05) is 0 Å². The van der Waals surface area contributed by atoms with Gasteiger partial charge in [-0.1, -0.05) is 0 Å². The molecule has 2 N–H and O–H groups in total. The predicted molar refractivity (Wildman–Crippen MR) is 76.5 cm³/mol. The number of nitriles is 2. The lowest BCUT2D eigenvalue weighted by Crippen LogP contribution is -2.48. The van der Waals surface area contributed by atoms with Crippen molar-refractivity contribution in [3.05, 3.63) is 29.3 Å². The van der Waals surface area contributed by atoms with Crippen molar-refractivity contribution in [1.29, 1.82) is 10.5 Å². The Hall–Kier alpha value is -2.57. The topological polar surface area (TPSA) is 101 Å². The molecule has 0 saturated heterocycles. The monoisotopic (exact) mass is 284 g/mol. The fourth-order valence-electron chi connectivity index (χ4n) is 2.30. The minimum Gasteiger partial charge on any atom is -0.485 e. The van der Waals surface area contributed by atoms with Crippen LogP contribution in [0.15, 0.2) is 23.2 Å². The highest BCUT2D eigenvalue weighted by Crippen LogP contribution is 2.42. The summed E-state index contributed by atoms with van der Waals surface area (Å²) < 4.78 is 5.79. The number of rotatable bonds is 1. The van der Waals surface area contributed by atoms with Gasteiger partial charge in [-0.3, -0.25) is 10.3 Å². The van der Waals surface area contributed by atoms with E-state index in [2.05, 4.69) is 16.4 Å². The van der Waals surface area contributed by atoms with Crippen molar-refractivity contribution in [2.45, 2.75) is 38.5 Å². The Labute approximate surface area is 123 Å². The van der Waals surface area contributed by atoms with Crippen LogP contribution in [-0.4, -0.2) is 22.6 Å². The maximum atomic E-state index is 10.5. The molecule has 6 nitrogen and oxygen atoms in total. The zero-order chi connectivity index (χ0) is 15.6. The number of hydrogen-bond acceptors (Lipinski definition) is 5. The number of ether oxygens (including phenoxy) is 1. The van der Waals surface area contributed by atoms with E-state index in [1.54, 1.807) is 45.2 Å². The summed E-state index contributed by atoms with van der Waals surface area (Å²) in [5, 5.41) is 30.6. The lowest BCUT2D eigenvalue weighted by atomic mass is 9.86. The van der Waals surface area contributed by atoms with E-state index in [9.17, 15) is 5.11 Å². The third-order valence-corrected chi connectivity index (χ3v) is 3.41. The fraction of sp³-hybridized carbons (Fsp3) is 0.400. The van der Waals surface area contributed by atoms with Crippen LogP contribution in [0.5, 0.6) is 5.75 Å². The number of benzene rings is 1. The highest BCUT2D eigenvalue weighted by Gasteiger charge is 2.43. The van der Waals surface area contributed by atoms with E-state index in [4.69, 9.17) is 15.3 Å². The molecule has 2 atom stereocenters. The molecule has 21 heavy (non-hydrogen) atoms. The second kappa shape index (κ2) is 5.43. The lowest BCUT2D eigenvalue weighted by Gasteiger charge is -2.40. The molecule has 6 heteroatoms. The van der Waals surface area contributed by atoms with Gasteiger partial charge in [0.05, 0.1) is 11.6 Å². The first-order chi connectivity index (χ1) is 9.89. The molecule has 0 spiro atoms. The van der Waals surface area contributed by atoms with Crippen LogP contribution >= 0.6 is 0 Å². The van der Waals surface area contributed by atoms with Gasteiger partial charge in [-0.15, -0.1) is 0 Å². The average Bonchev–Trinajstić information content (AvgIpc) is 2.43. The molecule has 108 valence electrons. The molecule has 0 bridgehead atoms. The largest absolute Gasteiger partial charge is 0.485 e. The molecule has 1 heterocycles. The van der Waals surface area contributed by atoms with E-state index in [1.165, 1.54) is 0 Å². The Morgan fingerprint density at radius 2 is 2.14 bits per heavy atom. The van der Waals surface area contributed by atoms with Gasteiger partial charge < -0.3 is 9.84 Å². The lowest BCUT2D eigenvalue weighted by molar-refractivity contribution is -0.0567. The molecule has 0 aliphatic carbocycles. The fourth-order valence-corrected chi connectivity index (χ4v) is 2.30. The van der Waals surface area contributed by atoms with Gasteiger partial charge in [0.25, 0.3) is 0 Å². The maximum absolute atomic E-state index is 10.5.